The molecule has 28 heavy (non-hydrogen) atoms. The number of unbranched alkanes of at least 4 members (excludes halogenated alkanes) is 2. The van der Waals surface area contributed by atoms with E-state index in [9.17, 15) is 14.4 Å². The minimum atomic E-state index is -0.416. The first-order chi connectivity index (χ1) is 13.5. The molecule has 1 aliphatic heterocycles. The first-order valence-electron chi connectivity index (χ1n) is 9.73. The molecule has 154 valence electrons. The minimum absolute atomic E-state index is 0.0376. The zero-order valence-corrected chi connectivity index (χ0v) is 16.5. The van der Waals surface area contributed by atoms with Crippen LogP contribution in [0.15, 0.2) is 24.3 Å². The lowest BCUT2D eigenvalue weighted by Crippen LogP contribution is -2.30. The molecule has 1 aliphatic rings. The minimum Gasteiger partial charge on any atom is -0.482 e. The lowest BCUT2D eigenvalue weighted by atomic mass is 10.0. The fourth-order valence-corrected chi connectivity index (χ4v) is 2.99. The SMILES string of the molecule is CCOC(=O)COc1ccc(NC(=O)CCCCC[C@@H]2NC(=O)N[C@H]2C)cc1. The standard InChI is InChI=1S/C20H29N3O5/c1-3-27-19(25)13-28-16-11-9-15(10-12-16)22-18(24)8-6-4-5-7-17-14(2)21-20(26)23-17/h9-12,14,17H,3-8,13H2,1-2H3,(H,22,24)(H2,21,23,26)/t14-,17-/m0/s1. The molecule has 0 radical (unpaired) electrons. The topological polar surface area (TPSA) is 106 Å². The van der Waals surface area contributed by atoms with Crippen molar-refractivity contribution in [1.29, 1.82) is 0 Å². The van der Waals surface area contributed by atoms with Gasteiger partial charge in [-0.1, -0.05) is 12.8 Å². The first-order valence-corrected chi connectivity index (χ1v) is 9.73. The van der Waals surface area contributed by atoms with Crippen molar-refractivity contribution in [1.82, 2.24) is 10.6 Å². The normalized spacial score (nSPS) is 18.1. The molecule has 0 aliphatic carbocycles. The Hall–Kier alpha value is -2.77. The van der Waals surface area contributed by atoms with Gasteiger partial charge in [-0.25, -0.2) is 9.59 Å². The molecular weight excluding hydrogens is 362 g/mol. The number of amides is 3. The lowest BCUT2D eigenvalue weighted by Gasteiger charge is -2.13. The van der Waals surface area contributed by atoms with Gasteiger partial charge in [0.25, 0.3) is 0 Å². The van der Waals surface area contributed by atoms with Gasteiger partial charge in [0, 0.05) is 18.2 Å². The summed E-state index contributed by atoms with van der Waals surface area (Å²) in [6.07, 6.45) is 4.07. The Morgan fingerprint density at radius 1 is 1.11 bits per heavy atom. The Kier molecular flexibility index (Phi) is 8.58. The number of rotatable bonds is 11. The van der Waals surface area contributed by atoms with Crippen molar-refractivity contribution in [2.24, 2.45) is 0 Å². The summed E-state index contributed by atoms with van der Waals surface area (Å²) < 4.78 is 10.1. The average molecular weight is 391 g/mol. The second kappa shape index (κ2) is 11.2. The van der Waals surface area contributed by atoms with Crippen LogP contribution in [-0.4, -0.2) is 43.2 Å². The molecule has 0 aromatic heterocycles. The third kappa shape index (κ3) is 7.46. The molecule has 1 saturated heterocycles. The summed E-state index contributed by atoms with van der Waals surface area (Å²) >= 11 is 0. The van der Waals surface area contributed by atoms with Crippen LogP contribution in [0.5, 0.6) is 5.75 Å². The second-order valence-corrected chi connectivity index (χ2v) is 6.78. The van der Waals surface area contributed by atoms with E-state index in [1.54, 1.807) is 31.2 Å². The molecule has 0 unspecified atom stereocenters. The van der Waals surface area contributed by atoms with Crippen LogP contribution >= 0.6 is 0 Å². The smallest absolute Gasteiger partial charge is 0.344 e. The summed E-state index contributed by atoms with van der Waals surface area (Å²) in [5.74, 6) is 0.0825. The summed E-state index contributed by atoms with van der Waals surface area (Å²) in [6.45, 7) is 3.91. The van der Waals surface area contributed by atoms with Crippen molar-refractivity contribution in [3.8, 4) is 5.75 Å². The van der Waals surface area contributed by atoms with Gasteiger partial charge in [-0.2, -0.15) is 0 Å². The molecule has 0 bridgehead atoms. The third-order valence-electron chi connectivity index (χ3n) is 4.50. The molecule has 0 spiro atoms. The number of nitrogens with one attached hydrogen (secondary N) is 3. The summed E-state index contributed by atoms with van der Waals surface area (Å²) in [4.78, 5) is 34.5. The molecule has 1 aromatic rings. The van der Waals surface area contributed by atoms with Crippen molar-refractivity contribution < 1.29 is 23.9 Å². The van der Waals surface area contributed by atoms with Gasteiger partial charge in [0.1, 0.15) is 5.75 Å². The predicted molar refractivity (Wildman–Crippen MR) is 105 cm³/mol. The van der Waals surface area contributed by atoms with Gasteiger partial charge in [0.15, 0.2) is 6.61 Å². The summed E-state index contributed by atoms with van der Waals surface area (Å²) in [7, 11) is 0. The molecule has 2 rings (SSSR count). The number of ether oxygens (including phenoxy) is 2. The van der Waals surface area contributed by atoms with Gasteiger partial charge in [0.05, 0.1) is 12.6 Å². The van der Waals surface area contributed by atoms with Crippen molar-refractivity contribution >= 4 is 23.6 Å². The van der Waals surface area contributed by atoms with E-state index in [0.717, 1.165) is 25.7 Å². The number of hydrogen-bond acceptors (Lipinski definition) is 5. The van der Waals surface area contributed by atoms with Gasteiger partial charge in [-0.15, -0.1) is 0 Å². The first kappa shape index (κ1) is 21.5. The van der Waals surface area contributed by atoms with E-state index in [1.165, 1.54) is 0 Å². The van der Waals surface area contributed by atoms with Crippen molar-refractivity contribution in [2.45, 2.75) is 58.0 Å². The predicted octanol–water partition coefficient (Wildman–Crippen LogP) is 2.59. The fourth-order valence-electron chi connectivity index (χ4n) is 2.99. The molecular formula is C20H29N3O5. The second-order valence-electron chi connectivity index (χ2n) is 6.78. The van der Waals surface area contributed by atoms with Gasteiger partial charge >= 0.3 is 12.0 Å². The zero-order valence-electron chi connectivity index (χ0n) is 16.5. The van der Waals surface area contributed by atoms with E-state index < -0.39 is 5.97 Å². The molecule has 1 aromatic carbocycles. The Morgan fingerprint density at radius 2 is 1.86 bits per heavy atom. The number of urea groups is 1. The van der Waals surface area contributed by atoms with Crippen LogP contribution in [0, 0.1) is 0 Å². The highest BCUT2D eigenvalue weighted by molar-refractivity contribution is 5.90. The van der Waals surface area contributed by atoms with Gasteiger partial charge in [-0.3, -0.25) is 4.79 Å². The molecule has 3 amide bonds. The Morgan fingerprint density at radius 3 is 2.50 bits per heavy atom. The van der Waals surface area contributed by atoms with E-state index in [-0.39, 0.29) is 30.6 Å². The molecule has 1 heterocycles. The van der Waals surface area contributed by atoms with E-state index in [2.05, 4.69) is 16.0 Å². The maximum atomic E-state index is 12.0. The molecule has 2 atom stereocenters. The number of hydrogen-bond donors (Lipinski definition) is 3. The summed E-state index contributed by atoms with van der Waals surface area (Å²) in [5, 5.41) is 8.57. The number of carbonyl (C=O) groups excluding carboxylic acids is 3. The number of carbonyl (C=O) groups is 3. The zero-order chi connectivity index (χ0) is 20.4. The van der Waals surface area contributed by atoms with Crippen LogP contribution in [-0.2, 0) is 14.3 Å². The van der Waals surface area contributed by atoms with Crippen LogP contribution in [0.4, 0.5) is 10.5 Å². The van der Waals surface area contributed by atoms with Crippen molar-refractivity contribution in [2.75, 3.05) is 18.5 Å². The Balaban J connectivity index is 1.59. The van der Waals surface area contributed by atoms with E-state index in [0.29, 0.717) is 24.5 Å². The highest BCUT2D eigenvalue weighted by atomic mass is 16.6. The van der Waals surface area contributed by atoms with Crippen LogP contribution in [0.25, 0.3) is 0 Å². The monoisotopic (exact) mass is 391 g/mol. The maximum absolute atomic E-state index is 12.0. The van der Waals surface area contributed by atoms with Crippen LogP contribution < -0.4 is 20.7 Å². The van der Waals surface area contributed by atoms with E-state index in [1.807, 2.05) is 6.92 Å². The maximum Gasteiger partial charge on any atom is 0.344 e. The summed E-state index contributed by atoms with van der Waals surface area (Å²) in [6, 6.07) is 7.07. The van der Waals surface area contributed by atoms with Gasteiger partial charge < -0.3 is 25.4 Å². The lowest BCUT2D eigenvalue weighted by molar-refractivity contribution is -0.145. The molecule has 3 N–H and O–H groups in total. The van der Waals surface area contributed by atoms with Crippen LogP contribution in [0.2, 0.25) is 0 Å². The highest BCUT2D eigenvalue weighted by Crippen LogP contribution is 2.17. The number of esters is 1. The molecule has 0 saturated carbocycles. The number of anilines is 1. The van der Waals surface area contributed by atoms with Crippen molar-refractivity contribution in [3.05, 3.63) is 24.3 Å². The molecule has 1 fully saturated rings. The van der Waals surface area contributed by atoms with E-state index in [4.69, 9.17) is 9.47 Å². The fraction of sp³-hybridized carbons (Fsp3) is 0.550. The van der Waals surface area contributed by atoms with E-state index >= 15 is 0 Å². The van der Waals surface area contributed by atoms with Gasteiger partial charge in [-0.05, 0) is 51.0 Å². The average Bonchev–Trinajstić information content (AvgIpc) is 2.98. The molecule has 8 nitrogen and oxygen atoms in total. The Labute approximate surface area is 165 Å². The van der Waals surface area contributed by atoms with Crippen molar-refractivity contribution in [3.63, 3.8) is 0 Å². The number of benzene rings is 1. The highest BCUT2D eigenvalue weighted by Gasteiger charge is 2.26. The third-order valence-corrected chi connectivity index (χ3v) is 4.50. The van der Waals surface area contributed by atoms with Crippen LogP contribution in [0.3, 0.4) is 0 Å². The molecule has 8 heteroatoms. The quantitative estimate of drug-likeness (QED) is 0.397. The van der Waals surface area contributed by atoms with Crippen LogP contribution in [0.1, 0.15) is 46.0 Å². The largest absolute Gasteiger partial charge is 0.482 e. The Bertz CT molecular complexity index is 662. The van der Waals surface area contributed by atoms with Gasteiger partial charge in [0.2, 0.25) is 5.91 Å². The summed E-state index contributed by atoms with van der Waals surface area (Å²) in [5.41, 5.74) is 0.682.